The normalized spacial score (nSPS) is 12.4. The van der Waals surface area contributed by atoms with Gasteiger partial charge in [0.05, 0.1) is 6.61 Å². The minimum atomic E-state index is -0.0549. The van der Waals surface area contributed by atoms with Crippen LogP contribution in [0.3, 0.4) is 0 Å². The van der Waals surface area contributed by atoms with Gasteiger partial charge in [-0.05, 0) is 25.1 Å². The summed E-state index contributed by atoms with van der Waals surface area (Å²) < 4.78 is 8.84. The van der Waals surface area contributed by atoms with Crippen LogP contribution in [-0.4, -0.2) is 16.2 Å². The molecule has 19 heavy (non-hydrogen) atoms. The molecule has 2 aromatic rings. The van der Waals surface area contributed by atoms with Gasteiger partial charge in [-0.25, -0.2) is 4.98 Å². The molecule has 0 bridgehead atoms. The predicted molar refractivity (Wildman–Crippen MR) is 79.2 cm³/mol. The highest BCUT2D eigenvalue weighted by Gasteiger charge is 2.09. The van der Waals surface area contributed by atoms with Crippen LogP contribution < -0.4 is 10.5 Å². The van der Waals surface area contributed by atoms with E-state index >= 15 is 0 Å². The molecule has 2 rings (SSSR count). The van der Waals surface area contributed by atoms with Crippen molar-refractivity contribution in [3.8, 4) is 5.75 Å². The molecular formula is C14H18BrN3O. The molecule has 0 fully saturated rings. The van der Waals surface area contributed by atoms with E-state index in [4.69, 9.17) is 10.5 Å². The molecule has 1 aromatic heterocycles. The third-order valence-electron chi connectivity index (χ3n) is 2.97. The third-order valence-corrected chi connectivity index (χ3v) is 3.46. The molecule has 0 saturated carbocycles. The van der Waals surface area contributed by atoms with E-state index in [1.54, 1.807) is 6.20 Å². The first kappa shape index (κ1) is 14.1. The smallest absolute Gasteiger partial charge is 0.124 e. The molecule has 0 spiro atoms. The Bertz CT molecular complexity index is 551. The Hall–Kier alpha value is -1.33. The van der Waals surface area contributed by atoms with Crippen LogP contribution in [0.15, 0.2) is 35.1 Å². The first-order valence-electron chi connectivity index (χ1n) is 6.22. The highest BCUT2D eigenvalue weighted by molar-refractivity contribution is 9.10. The molecule has 0 aliphatic rings. The van der Waals surface area contributed by atoms with Gasteiger partial charge in [-0.1, -0.05) is 15.9 Å². The lowest BCUT2D eigenvalue weighted by atomic mass is 10.1. The molecule has 0 amide bonds. The minimum Gasteiger partial charge on any atom is -0.493 e. The number of halogens is 1. The molecule has 1 heterocycles. The highest BCUT2D eigenvalue weighted by atomic mass is 79.9. The lowest BCUT2D eigenvalue weighted by molar-refractivity contribution is 0.313. The van der Waals surface area contributed by atoms with Gasteiger partial charge in [0.25, 0.3) is 0 Å². The number of nitrogens with zero attached hydrogens (tertiary/aromatic N) is 2. The standard InChI is InChI=1S/C14H18BrN3O/c1-10(16)12-9-11(15)3-4-13(12)19-8-5-14-17-6-7-18(14)2/h3-4,6-7,9-10H,5,8,16H2,1-2H3/t10-/m1/s1. The van der Waals surface area contributed by atoms with Crippen LogP contribution in [0.5, 0.6) is 5.75 Å². The topological polar surface area (TPSA) is 53.1 Å². The molecule has 2 N–H and O–H groups in total. The van der Waals surface area contributed by atoms with E-state index in [1.807, 2.05) is 42.9 Å². The van der Waals surface area contributed by atoms with Crippen molar-refractivity contribution < 1.29 is 4.74 Å². The summed E-state index contributed by atoms with van der Waals surface area (Å²) >= 11 is 3.45. The first-order chi connectivity index (χ1) is 9.08. The van der Waals surface area contributed by atoms with Crippen LogP contribution in [-0.2, 0) is 13.5 Å². The largest absolute Gasteiger partial charge is 0.493 e. The summed E-state index contributed by atoms with van der Waals surface area (Å²) in [6.07, 6.45) is 4.50. The molecule has 0 saturated heterocycles. The summed E-state index contributed by atoms with van der Waals surface area (Å²) in [5.41, 5.74) is 6.97. The first-order valence-corrected chi connectivity index (χ1v) is 7.01. The molecule has 4 nitrogen and oxygen atoms in total. The number of hydrogen-bond acceptors (Lipinski definition) is 3. The van der Waals surface area contributed by atoms with Crippen LogP contribution in [0.4, 0.5) is 0 Å². The van der Waals surface area contributed by atoms with E-state index < -0.39 is 0 Å². The fraction of sp³-hybridized carbons (Fsp3) is 0.357. The SMILES string of the molecule is C[C@@H](N)c1cc(Br)ccc1OCCc1nccn1C. The summed E-state index contributed by atoms with van der Waals surface area (Å²) in [7, 11) is 1.98. The maximum Gasteiger partial charge on any atom is 0.124 e. The van der Waals surface area contributed by atoms with E-state index in [2.05, 4.69) is 20.9 Å². The monoisotopic (exact) mass is 323 g/mol. The number of benzene rings is 1. The zero-order chi connectivity index (χ0) is 13.8. The van der Waals surface area contributed by atoms with Crippen molar-refractivity contribution in [3.63, 3.8) is 0 Å². The number of imidazole rings is 1. The Balaban J connectivity index is 2.01. The van der Waals surface area contributed by atoms with Gasteiger partial charge in [0.15, 0.2) is 0 Å². The zero-order valence-corrected chi connectivity index (χ0v) is 12.7. The molecule has 1 aromatic carbocycles. The van der Waals surface area contributed by atoms with Crippen LogP contribution >= 0.6 is 15.9 Å². The third kappa shape index (κ3) is 3.58. The summed E-state index contributed by atoms with van der Waals surface area (Å²) in [6, 6.07) is 5.85. The molecule has 1 atom stereocenters. The van der Waals surface area contributed by atoms with Crippen LogP contribution in [0.2, 0.25) is 0 Å². The van der Waals surface area contributed by atoms with Crippen molar-refractivity contribution in [2.24, 2.45) is 12.8 Å². The van der Waals surface area contributed by atoms with Gasteiger partial charge < -0.3 is 15.0 Å². The molecule has 0 radical (unpaired) electrons. The second kappa shape index (κ2) is 6.21. The second-order valence-corrected chi connectivity index (χ2v) is 5.44. The number of aromatic nitrogens is 2. The van der Waals surface area contributed by atoms with Gasteiger partial charge >= 0.3 is 0 Å². The molecular weight excluding hydrogens is 306 g/mol. The van der Waals surface area contributed by atoms with Crippen molar-refractivity contribution in [1.29, 1.82) is 0 Å². The summed E-state index contributed by atoms with van der Waals surface area (Å²) in [5.74, 6) is 1.85. The number of aryl methyl sites for hydroxylation is 1. The summed E-state index contributed by atoms with van der Waals surface area (Å²) in [5, 5.41) is 0. The molecule has 0 unspecified atom stereocenters. The zero-order valence-electron chi connectivity index (χ0n) is 11.1. The van der Waals surface area contributed by atoms with Crippen LogP contribution in [0.1, 0.15) is 24.4 Å². The number of ether oxygens (including phenoxy) is 1. The van der Waals surface area contributed by atoms with E-state index in [0.29, 0.717) is 6.61 Å². The van der Waals surface area contributed by atoms with Crippen LogP contribution in [0.25, 0.3) is 0 Å². The fourth-order valence-corrected chi connectivity index (χ4v) is 2.28. The fourth-order valence-electron chi connectivity index (χ4n) is 1.90. The van der Waals surface area contributed by atoms with E-state index in [9.17, 15) is 0 Å². The Morgan fingerprint density at radius 2 is 2.26 bits per heavy atom. The van der Waals surface area contributed by atoms with Crippen molar-refractivity contribution >= 4 is 15.9 Å². The average Bonchev–Trinajstić information content (AvgIpc) is 2.77. The Kier molecular flexibility index (Phi) is 4.61. The predicted octanol–water partition coefficient (Wildman–Crippen LogP) is 2.82. The van der Waals surface area contributed by atoms with Crippen LogP contribution in [0, 0.1) is 0 Å². The maximum atomic E-state index is 5.96. The molecule has 0 aliphatic heterocycles. The Morgan fingerprint density at radius 3 is 2.89 bits per heavy atom. The number of rotatable bonds is 5. The summed E-state index contributed by atoms with van der Waals surface area (Å²) in [6.45, 7) is 2.54. The molecule has 0 aliphatic carbocycles. The lowest BCUT2D eigenvalue weighted by Crippen LogP contribution is -2.11. The number of hydrogen-bond donors (Lipinski definition) is 1. The highest BCUT2D eigenvalue weighted by Crippen LogP contribution is 2.27. The second-order valence-electron chi connectivity index (χ2n) is 4.52. The van der Waals surface area contributed by atoms with E-state index in [0.717, 1.165) is 28.0 Å². The average molecular weight is 324 g/mol. The van der Waals surface area contributed by atoms with Crippen molar-refractivity contribution in [1.82, 2.24) is 9.55 Å². The van der Waals surface area contributed by atoms with Gasteiger partial charge in [0, 0.05) is 41.9 Å². The van der Waals surface area contributed by atoms with Gasteiger partial charge in [-0.2, -0.15) is 0 Å². The van der Waals surface area contributed by atoms with Crippen molar-refractivity contribution in [2.45, 2.75) is 19.4 Å². The van der Waals surface area contributed by atoms with Gasteiger partial charge in [-0.3, -0.25) is 0 Å². The lowest BCUT2D eigenvalue weighted by Gasteiger charge is -2.14. The van der Waals surface area contributed by atoms with E-state index in [1.165, 1.54) is 0 Å². The van der Waals surface area contributed by atoms with Gasteiger partial charge in [0.2, 0.25) is 0 Å². The maximum absolute atomic E-state index is 5.96. The minimum absolute atomic E-state index is 0.0549. The Morgan fingerprint density at radius 1 is 1.47 bits per heavy atom. The molecule has 102 valence electrons. The van der Waals surface area contributed by atoms with E-state index in [-0.39, 0.29) is 6.04 Å². The van der Waals surface area contributed by atoms with Crippen molar-refractivity contribution in [3.05, 3.63) is 46.5 Å². The quantitative estimate of drug-likeness (QED) is 0.920. The van der Waals surface area contributed by atoms with Crippen molar-refractivity contribution in [2.75, 3.05) is 6.61 Å². The molecule has 5 heteroatoms. The van der Waals surface area contributed by atoms with Gasteiger partial charge in [-0.15, -0.1) is 0 Å². The number of nitrogens with two attached hydrogens (primary N) is 1. The van der Waals surface area contributed by atoms with Gasteiger partial charge in [0.1, 0.15) is 11.6 Å². The Labute approximate surface area is 121 Å². The summed E-state index contributed by atoms with van der Waals surface area (Å²) in [4.78, 5) is 4.27.